The Morgan fingerprint density at radius 3 is 2.56 bits per heavy atom. The van der Waals surface area contributed by atoms with Crippen LogP contribution >= 0.6 is 0 Å². The molecule has 0 spiro atoms. The molecule has 2 heterocycles. The number of rotatable bonds is 6. The van der Waals surface area contributed by atoms with Crippen molar-refractivity contribution < 1.29 is 12.8 Å². The average Bonchev–Trinajstić information content (AvgIpc) is 3.19. The highest BCUT2D eigenvalue weighted by Gasteiger charge is 2.29. The molecule has 0 fully saturated rings. The van der Waals surface area contributed by atoms with Gasteiger partial charge in [-0.15, -0.1) is 0 Å². The molecule has 0 N–H and O–H groups in total. The molecule has 3 rings (SSSR count). The van der Waals surface area contributed by atoms with Gasteiger partial charge in [0.05, 0.1) is 30.7 Å². The third-order valence-corrected chi connectivity index (χ3v) is 6.82. The van der Waals surface area contributed by atoms with Gasteiger partial charge < -0.3 is 4.42 Å². The second-order valence-electron chi connectivity index (χ2n) is 6.93. The van der Waals surface area contributed by atoms with Crippen LogP contribution in [0.3, 0.4) is 0 Å². The van der Waals surface area contributed by atoms with E-state index >= 15 is 0 Å². The fraction of sp³-hybridized carbons (Fsp3) is 0.350. The highest BCUT2D eigenvalue weighted by molar-refractivity contribution is 7.89. The Bertz CT molecular complexity index is 1050. The number of hydrogen-bond donors (Lipinski definition) is 0. The zero-order chi connectivity index (χ0) is 19.8. The van der Waals surface area contributed by atoms with E-state index in [1.807, 2.05) is 6.92 Å². The van der Waals surface area contributed by atoms with Gasteiger partial charge in [-0.1, -0.05) is 23.8 Å². The van der Waals surface area contributed by atoms with Gasteiger partial charge in [-0.25, -0.2) is 8.42 Å². The van der Waals surface area contributed by atoms with Gasteiger partial charge in [0.2, 0.25) is 10.0 Å². The molecule has 2 aromatic heterocycles. The van der Waals surface area contributed by atoms with Crippen LogP contribution in [0.5, 0.6) is 0 Å². The summed E-state index contributed by atoms with van der Waals surface area (Å²) in [6, 6.07) is 9.76. The molecule has 0 aliphatic rings. The van der Waals surface area contributed by atoms with Gasteiger partial charge >= 0.3 is 0 Å². The summed E-state index contributed by atoms with van der Waals surface area (Å²) in [6.45, 7) is 8.35. The third kappa shape index (κ3) is 3.84. The summed E-state index contributed by atoms with van der Waals surface area (Å²) in [5, 5.41) is 4.51. The molecule has 0 radical (unpaired) electrons. The van der Waals surface area contributed by atoms with E-state index in [-0.39, 0.29) is 11.4 Å². The lowest BCUT2D eigenvalue weighted by molar-refractivity contribution is 0.406. The van der Waals surface area contributed by atoms with Crippen LogP contribution in [0.2, 0.25) is 0 Å². The molecule has 0 amide bonds. The first-order valence-electron chi connectivity index (χ1n) is 8.79. The van der Waals surface area contributed by atoms with E-state index in [1.54, 1.807) is 37.7 Å². The van der Waals surface area contributed by atoms with E-state index in [1.165, 1.54) is 16.1 Å². The fourth-order valence-corrected chi connectivity index (χ4v) is 4.70. The van der Waals surface area contributed by atoms with Crippen molar-refractivity contribution in [3.8, 4) is 0 Å². The number of hydrogen-bond acceptors (Lipinski definition) is 4. The quantitative estimate of drug-likeness (QED) is 0.648. The van der Waals surface area contributed by atoms with Gasteiger partial charge in [0.25, 0.3) is 0 Å². The molecule has 0 saturated heterocycles. The molecule has 1 aromatic carbocycles. The average molecular weight is 388 g/mol. The van der Waals surface area contributed by atoms with Gasteiger partial charge in [0.1, 0.15) is 10.7 Å². The van der Waals surface area contributed by atoms with Crippen LogP contribution < -0.4 is 0 Å². The first-order chi connectivity index (χ1) is 12.7. The first kappa shape index (κ1) is 19.4. The monoisotopic (exact) mass is 387 g/mol. The van der Waals surface area contributed by atoms with E-state index in [4.69, 9.17) is 4.42 Å². The molecule has 3 aromatic rings. The summed E-state index contributed by atoms with van der Waals surface area (Å²) >= 11 is 0. The maximum Gasteiger partial charge on any atom is 0.246 e. The van der Waals surface area contributed by atoms with Crippen LogP contribution in [0.15, 0.2) is 45.9 Å². The lowest BCUT2D eigenvalue weighted by atomic mass is 10.1. The minimum Gasteiger partial charge on any atom is -0.468 e. The predicted octanol–water partition coefficient (Wildman–Crippen LogP) is 3.58. The molecular weight excluding hydrogens is 362 g/mol. The van der Waals surface area contributed by atoms with Crippen molar-refractivity contribution in [1.29, 1.82) is 0 Å². The van der Waals surface area contributed by atoms with E-state index in [0.29, 0.717) is 23.7 Å². The van der Waals surface area contributed by atoms with Crippen molar-refractivity contribution in [1.82, 2.24) is 14.1 Å². The SMILES string of the molecule is Cc1ccc(C)c(Cn2nc(C)c(S(=O)(=O)N(C)Cc3ccco3)c2C)c1. The summed E-state index contributed by atoms with van der Waals surface area (Å²) < 4.78 is 34.6. The summed E-state index contributed by atoms with van der Waals surface area (Å²) in [6.07, 6.45) is 1.54. The predicted molar refractivity (Wildman–Crippen MR) is 104 cm³/mol. The van der Waals surface area contributed by atoms with Gasteiger partial charge in [0.15, 0.2) is 0 Å². The summed E-state index contributed by atoms with van der Waals surface area (Å²) in [5.74, 6) is 0.596. The van der Waals surface area contributed by atoms with Crippen molar-refractivity contribution in [2.75, 3.05) is 7.05 Å². The maximum absolute atomic E-state index is 13.1. The smallest absolute Gasteiger partial charge is 0.246 e. The number of furan rings is 1. The highest BCUT2D eigenvalue weighted by Crippen LogP contribution is 2.25. The van der Waals surface area contributed by atoms with E-state index < -0.39 is 10.0 Å². The minimum atomic E-state index is -3.68. The second kappa shape index (κ2) is 7.32. The lowest BCUT2D eigenvalue weighted by Crippen LogP contribution is -2.27. The molecule has 0 aliphatic carbocycles. The highest BCUT2D eigenvalue weighted by atomic mass is 32.2. The Balaban J connectivity index is 1.94. The second-order valence-corrected chi connectivity index (χ2v) is 8.91. The van der Waals surface area contributed by atoms with Crippen LogP contribution in [0.1, 0.15) is 33.8 Å². The van der Waals surface area contributed by atoms with Crippen molar-refractivity contribution in [2.24, 2.45) is 0 Å². The van der Waals surface area contributed by atoms with Crippen LogP contribution in [0, 0.1) is 27.7 Å². The Morgan fingerprint density at radius 1 is 1.15 bits per heavy atom. The van der Waals surface area contributed by atoms with Crippen molar-refractivity contribution >= 4 is 10.0 Å². The Hall–Kier alpha value is -2.38. The summed E-state index contributed by atoms with van der Waals surface area (Å²) in [5.41, 5.74) is 4.60. The Morgan fingerprint density at radius 2 is 1.89 bits per heavy atom. The molecular formula is C20H25N3O3S. The molecule has 144 valence electrons. The molecule has 7 heteroatoms. The number of benzene rings is 1. The van der Waals surface area contributed by atoms with Gasteiger partial charge in [-0.3, -0.25) is 4.68 Å². The zero-order valence-corrected chi connectivity index (χ0v) is 17.2. The number of sulfonamides is 1. The summed E-state index contributed by atoms with van der Waals surface area (Å²) in [4.78, 5) is 0.266. The number of nitrogens with zero attached hydrogens (tertiary/aromatic N) is 3. The molecule has 0 atom stereocenters. The molecule has 27 heavy (non-hydrogen) atoms. The maximum atomic E-state index is 13.1. The summed E-state index contributed by atoms with van der Waals surface area (Å²) in [7, 11) is -2.12. The van der Waals surface area contributed by atoms with Crippen LogP contribution in [0.25, 0.3) is 0 Å². The minimum absolute atomic E-state index is 0.177. The fourth-order valence-electron chi connectivity index (χ4n) is 3.20. The van der Waals surface area contributed by atoms with Crippen molar-refractivity contribution in [3.05, 3.63) is 70.4 Å². The molecule has 0 saturated carbocycles. The van der Waals surface area contributed by atoms with Crippen LogP contribution in [-0.4, -0.2) is 29.6 Å². The molecule has 0 bridgehead atoms. The largest absolute Gasteiger partial charge is 0.468 e. The van der Waals surface area contributed by atoms with Crippen molar-refractivity contribution in [2.45, 2.75) is 45.7 Å². The van der Waals surface area contributed by atoms with Gasteiger partial charge in [-0.2, -0.15) is 9.40 Å². The lowest BCUT2D eigenvalue weighted by Gasteiger charge is -2.16. The number of aryl methyl sites for hydroxylation is 3. The molecule has 0 unspecified atom stereocenters. The molecule has 6 nitrogen and oxygen atoms in total. The zero-order valence-electron chi connectivity index (χ0n) is 16.4. The van der Waals surface area contributed by atoms with Gasteiger partial charge in [-0.05, 0) is 51.0 Å². The Labute approximate surface area is 160 Å². The first-order valence-corrected chi connectivity index (χ1v) is 10.2. The van der Waals surface area contributed by atoms with E-state index in [9.17, 15) is 8.42 Å². The Kier molecular flexibility index (Phi) is 5.26. The normalized spacial score (nSPS) is 12.1. The number of aromatic nitrogens is 2. The molecule has 0 aliphatic heterocycles. The van der Waals surface area contributed by atoms with Gasteiger partial charge in [0, 0.05) is 7.05 Å². The third-order valence-electron chi connectivity index (χ3n) is 4.77. The van der Waals surface area contributed by atoms with E-state index in [0.717, 1.165) is 11.1 Å². The topological polar surface area (TPSA) is 68.3 Å². The standard InChI is InChI=1S/C20H25N3O3S/c1-14-8-9-15(2)18(11-14)12-23-17(4)20(16(3)21-23)27(24,25)22(5)13-19-7-6-10-26-19/h6-11H,12-13H2,1-5H3. The van der Waals surface area contributed by atoms with Crippen LogP contribution in [0.4, 0.5) is 0 Å². The van der Waals surface area contributed by atoms with E-state index in [2.05, 4.69) is 30.2 Å². The van der Waals surface area contributed by atoms with Crippen molar-refractivity contribution in [3.63, 3.8) is 0 Å². The van der Waals surface area contributed by atoms with Crippen LogP contribution in [-0.2, 0) is 23.1 Å².